The highest BCUT2D eigenvalue weighted by Crippen LogP contribution is 2.20. The second kappa shape index (κ2) is 4.40. The third kappa shape index (κ3) is 2.54. The van der Waals surface area contributed by atoms with Crippen LogP contribution in [-0.2, 0) is 14.8 Å². The van der Waals surface area contributed by atoms with Crippen LogP contribution in [0.15, 0.2) is 0 Å². The summed E-state index contributed by atoms with van der Waals surface area (Å²) in [7, 11) is -3.05. The molecule has 0 atom stereocenters. The van der Waals surface area contributed by atoms with Crippen molar-refractivity contribution in [3.63, 3.8) is 0 Å². The first-order chi connectivity index (χ1) is 6.47. The van der Waals surface area contributed by atoms with E-state index >= 15 is 0 Å². The molecule has 5 heteroatoms. The van der Waals surface area contributed by atoms with Gasteiger partial charge in [0.15, 0.2) is 0 Å². The van der Waals surface area contributed by atoms with Crippen molar-refractivity contribution in [1.82, 2.24) is 4.31 Å². The SMILES string of the molecule is CCS(=O)(=O)N1CCC(C(C)=O)CC1. The molecule has 1 aliphatic rings. The van der Waals surface area contributed by atoms with Gasteiger partial charge in [-0.15, -0.1) is 0 Å². The first-order valence-corrected chi connectivity index (χ1v) is 6.56. The molecular weight excluding hydrogens is 202 g/mol. The van der Waals surface area contributed by atoms with Crippen molar-refractivity contribution in [3.05, 3.63) is 0 Å². The predicted octanol–water partition coefficient (Wildman–Crippen LogP) is 0.637. The highest BCUT2D eigenvalue weighted by atomic mass is 32.2. The smallest absolute Gasteiger partial charge is 0.213 e. The monoisotopic (exact) mass is 219 g/mol. The van der Waals surface area contributed by atoms with Crippen LogP contribution in [0.5, 0.6) is 0 Å². The van der Waals surface area contributed by atoms with Gasteiger partial charge < -0.3 is 0 Å². The Labute approximate surface area is 85.3 Å². The van der Waals surface area contributed by atoms with Crippen LogP contribution < -0.4 is 0 Å². The summed E-state index contributed by atoms with van der Waals surface area (Å²) in [6, 6.07) is 0. The summed E-state index contributed by atoms with van der Waals surface area (Å²) in [6.07, 6.45) is 1.35. The van der Waals surface area contributed by atoms with Gasteiger partial charge in [-0.05, 0) is 26.7 Å². The van der Waals surface area contributed by atoms with Gasteiger partial charge in [0.1, 0.15) is 5.78 Å². The van der Waals surface area contributed by atoms with Gasteiger partial charge in [0.25, 0.3) is 0 Å². The average molecular weight is 219 g/mol. The minimum absolute atomic E-state index is 0.0679. The number of carbonyl (C=O) groups is 1. The van der Waals surface area contributed by atoms with Gasteiger partial charge in [-0.2, -0.15) is 0 Å². The molecule has 14 heavy (non-hydrogen) atoms. The van der Waals surface area contributed by atoms with Crippen molar-refractivity contribution in [2.75, 3.05) is 18.8 Å². The van der Waals surface area contributed by atoms with Crippen molar-refractivity contribution in [2.45, 2.75) is 26.7 Å². The van der Waals surface area contributed by atoms with Crippen LogP contribution in [0.25, 0.3) is 0 Å². The second-order valence-corrected chi connectivity index (χ2v) is 5.94. The Bertz CT molecular complexity index is 302. The van der Waals surface area contributed by atoms with Crippen molar-refractivity contribution in [1.29, 1.82) is 0 Å². The first-order valence-electron chi connectivity index (χ1n) is 4.95. The predicted molar refractivity (Wildman–Crippen MR) is 54.4 cm³/mol. The number of rotatable bonds is 3. The number of sulfonamides is 1. The number of piperidine rings is 1. The van der Waals surface area contributed by atoms with Crippen molar-refractivity contribution < 1.29 is 13.2 Å². The van der Waals surface area contributed by atoms with Crippen LogP contribution in [-0.4, -0.2) is 37.3 Å². The third-order valence-corrected chi connectivity index (χ3v) is 4.67. The Balaban J connectivity index is 2.56. The van der Waals surface area contributed by atoms with Crippen LogP contribution >= 0.6 is 0 Å². The zero-order valence-electron chi connectivity index (χ0n) is 8.69. The van der Waals surface area contributed by atoms with Gasteiger partial charge in [-0.3, -0.25) is 4.79 Å². The summed E-state index contributed by atoms with van der Waals surface area (Å²) in [4.78, 5) is 11.1. The minimum Gasteiger partial charge on any atom is -0.300 e. The lowest BCUT2D eigenvalue weighted by molar-refractivity contribution is -0.121. The van der Waals surface area contributed by atoms with Crippen LogP contribution in [0, 0.1) is 5.92 Å². The van der Waals surface area contributed by atoms with E-state index in [-0.39, 0.29) is 17.5 Å². The van der Waals surface area contributed by atoms with Crippen molar-refractivity contribution in [2.24, 2.45) is 5.92 Å². The normalized spacial score (nSPS) is 21.0. The molecule has 82 valence electrons. The zero-order chi connectivity index (χ0) is 10.8. The fourth-order valence-electron chi connectivity index (χ4n) is 1.72. The Kier molecular flexibility index (Phi) is 3.66. The number of ketones is 1. The number of nitrogens with zero attached hydrogens (tertiary/aromatic N) is 1. The van der Waals surface area contributed by atoms with E-state index < -0.39 is 10.0 Å². The molecule has 0 saturated carbocycles. The molecule has 0 bridgehead atoms. The second-order valence-electron chi connectivity index (χ2n) is 3.68. The maximum absolute atomic E-state index is 11.5. The summed E-state index contributed by atoms with van der Waals surface area (Å²) in [6.45, 7) is 4.22. The van der Waals surface area contributed by atoms with E-state index in [0.29, 0.717) is 25.9 Å². The number of carbonyl (C=O) groups excluding carboxylic acids is 1. The molecule has 0 aromatic rings. The molecule has 0 unspecified atom stereocenters. The molecular formula is C9H17NO3S. The lowest BCUT2D eigenvalue weighted by Gasteiger charge is -2.29. The van der Waals surface area contributed by atoms with E-state index in [0.717, 1.165) is 0 Å². The maximum atomic E-state index is 11.5. The zero-order valence-corrected chi connectivity index (χ0v) is 9.51. The maximum Gasteiger partial charge on any atom is 0.213 e. The van der Waals surface area contributed by atoms with E-state index in [1.54, 1.807) is 13.8 Å². The molecule has 4 nitrogen and oxygen atoms in total. The average Bonchev–Trinajstić information content (AvgIpc) is 2.18. The summed E-state index contributed by atoms with van der Waals surface area (Å²) in [5.74, 6) is 0.398. The molecule has 1 rings (SSSR count). The van der Waals surface area contributed by atoms with Gasteiger partial charge in [-0.25, -0.2) is 12.7 Å². The van der Waals surface area contributed by atoms with Crippen LogP contribution in [0.3, 0.4) is 0 Å². The van der Waals surface area contributed by atoms with Crippen molar-refractivity contribution in [3.8, 4) is 0 Å². The van der Waals surface area contributed by atoms with Crippen LogP contribution in [0.4, 0.5) is 0 Å². The number of hydrogen-bond donors (Lipinski definition) is 0. The van der Waals surface area contributed by atoms with E-state index in [2.05, 4.69) is 0 Å². The molecule has 1 fully saturated rings. The Hall–Kier alpha value is -0.420. The van der Waals surface area contributed by atoms with Crippen LogP contribution in [0.2, 0.25) is 0 Å². The standard InChI is InChI=1S/C9H17NO3S/c1-3-14(12,13)10-6-4-9(5-7-10)8(2)11/h9H,3-7H2,1-2H3. The summed E-state index contributed by atoms with van der Waals surface area (Å²) >= 11 is 0. The lowest BCUT2D eigenvalue weighted by Crippen LogP contribution is -2.40. The molecule has 0 amide bonds. The highest BCUT2D eigenvalue weighted by Gasteiger charge is 2.28. The minimum atomic E-state index is -3.05. The number of Topliss-reactive ketones (excluding diaryl/α,β-unsaturated/α-hetero) is 1. The Morgan fingerprint density at radius 2 is 1.86 bits per heavy atom. The molecule has 0 aliphatic carbocycles. The Morgan fingerprint density at radius 1 is 1.36 bits per heavy atom. The summed E-state index contributed by atoms with van der Waals surface area (Å²) in [5.41, 5.74) is 0. The molecule has 0 aromatic heterocycles. The topological polar surface area (TPSA) is 54.5 Å². The first kappa shape index (κ1) is 11.7. The lowest BCUT2D eigenvalue weighted by atomic mass is 9.95. The number of hydrogen-bond acceptors (Lipinski definition) is 3. The molecule has 1 aliphatic heterocycles. The van der Waals surface area contributed by atoms with E-state index in [1.807, 2.05) is 0 Å². The molecule has 0 spiro atoms. The molecule has 1 saturated heterocycles. The quantitative estimate of drug-likeness (QED) is 0.700. The van der Waals surface area contributed by atoms with E-state index in [9.17, 15) is 13.2 Å². The van der Waals surface area contributed by atoms with E-state index in [1.165, 1.54) is 4.31 Å². The molecule has 0 aromatic carbocycles. The molecule has 0 radical (unpaired) electrons. The third-order valence-electron chi connectivity index (χ3n) is 2.79. The van der Waals surface area contributed by atoms with Gasteiger partial charge in [0, 0.05) is 19.0 Å². The summed E-state index contributed by atoms with van der Waals surface area (Å²) < 4.78 is 24.4. The van der Waals surface area contributed by atoms with Gasteiger partial charge >= 0.3 is 0 Å². The molecule has 0 N–H and O–H groups in total. The van der Waals surface area contributed by atoms with E-state index in [4.69, 9.17) is 0 Å². The van der Waals surface area contributed by atoms with Crippen LogP contribution in [0.1, 0.15) is 26.7 Å². The van der Waals surface area contributed by atoms with Gasteiger partial charge in [0.2, 0.25) is 10.0 Å². The van der Waals surface area contributed by atoms with Gasteiger partial charge in [0.05, 0.1) is 5.75 Å². The molecule has 1 heterocycles. The fourth-order valence-corrected chi connectivity index (χ4v) is 2.86. The Morgan fingerprint density at radius 3 is 2.21 bits per heavy atom. The highest BCUT2D eigenvalue weighted by molar-refractivity contribution is 7.89. The largest absolute Gasteiger partial charge is 0.300 e. The fraction of sp³-hybridized carbons (Fsp3) is 0.889. The van der Waals surface area contributed by atoms with Gasteiger partial charge in [-0.1, -0.05) is 0 Å². The summed E-state index contributed by atoms with van der Waals surface area (Å²) in [5, 5.41) is 0. The van der Waals surface area contributed by atoms with Crippen molar-refractivity contribution >= 4 is 15.8 Å².